The number of aromatic nitrogens is 2. The molecule has 1 amide bonds. The molecule has 0 fully saturated rings. The summed E-state index contributed by atoms with van der Waals surface area (Å²) in [4.78, 5) is 11.4. The van der Waals surface area contributed by atoms with Crippen molar-refractivity contribution in [1.29, 1.82) is 0 Å². The van der Waals surface area contributed by atoms with Crippen LogP contribution in [0.3, 0.4) is 0 Å². The van der Waals surface area contributed by atoms with Gasteiger partial charge in [-0.2, -0.15) is 5.10 Å². The fourth-order valence-corrected chi connectivity index (χ4v) is 1.48. The number of alkyl carbamates (subject to hydrolysis) is 1. The van der Waals surface area contributed by atoms with Gasteiger partial charge in [-0.05, 0) is 34.6 Å². The van der Waals surface area contributed by atoms with Crippen LogP contribution < -0.4 is 10.6 Å². The number of aromatic amines is 1. The summed E-state index contributed by atoms with van der Waals surface area (Å²) in [6.07, 6.45) is -0.398. The zero-order valence-corrected chi connectivity index (χ0v) is 11.7. The Hall–Kier alpha value is -1.72. The first-order valence-electron chi connectivity index (χ1n) is 6.02. The van der Waals surface area contributed by atoms with Crippen molar-refractivity contribution in [3.63, 3.8) is 0 Å². The number of carbonyl (C=O) groups is 1. The van der Waals surface area contributed by atoms with E-state index < -0.39 is 11.7 Å². The molecule has 1 aromatic rings. The minimum Gasteiger partial charge on any atom is -0.444 e. The molecule has 0 bridgehead atoms. The summed E-state index contributed by atoms with van der Waals surface area (Å²) in [5.41, 5.74) is 2.44. The standard InChI is InChI=1S/C12H22N4O2/c1-8-10(9(2)16-15-8)13-6-7-14-11(17)18-12(3,4)5/h13H,6-7H2,1-5H3,(H,14,17)(H,15,16). The first kappa shape index (κ1) is 14.3. The van der Waals surface area contributed by atoms with E-state index in [1.807, 2.05) is 34.6 Å². The predicted octanol–water partition coefficient (Wildman–Crippen LogP) is 1.96. The molecule has 6 heteroatoms. The molecule has 6 nitrogen and oxygen atoms in total. The zero-order valence-electron chi connectivity index (χ0n) is 11.7. The number of nitrogens with one attached hydrogen (secondary N) is 3. The number of amides is 1. The van der Waals surface area contributed by atoms with Crippen molar-refractivity contribution in [3.8, 4) is 0 Å². The highest BCUT2D eigenvalue weighted by Gasteiger charge is 2.15. The maximum Gasteiger partial charge on any atom is 0.407 e. The highest BCUT2D eigenvalue weighted by molar-refractivity contribution is 5.67. The normalized spacial score (nSPS) is 11.2. The molecule has 0 saturated heterocycles. The van der Waals surface area contributed by atoms with Gasteiger partial charge in [-0.3, -0.25) is 5.10 Å². The number of rotatable bonds is 4. The first-order chi connectivity index (χ1) is 8.29. The van der Waals surface area contributed by atoms with Gasteiger partial charge in [0.2, 0.25) is 0 Å². The van der Waals surface area contributed by atoms with Crippen LogP contribution in [0.1, 0.15) is 32.2 Å². The molecule has 0 aliphatic rings. The third-order valence-electron chi connectivity index (χ3n) is 2.22. The summed E-state index contributed by atoms with van der Waals surface area (Å²) in [7, 11) is 0. The molecule has 1 rings (SSSR count). The molecular formula is C12H22N4O2. The molecule has 0 radical (unpaired) electrons. The van der Waals surface area contributed by atoms with Crippen molar-refractivity contribution < 1.29 is 9.53 Å². The molecule has 1 aromatic heterocycles. The molecule has 0 aliphatic heterocycles. The smallest absolute Gasteiger partial charge is 0.407 e. The van der Waals surface area contributed by atoms with Crippen LogP contribution in [0.2, 0.25) is 0 Å². The van der Waals surface area contributed by atoms with Crippen molar-refractivity contribution in [3.05, 3.63) is 11.4 Å². The molecule has 0 aliphatic carbocycles. The molecule has 0 unspecified atom stereocenters. The van der Waals surface area contributed by atoms with Crippen LogP contribution in [0.15, 0.2) is 0 Å². The third kappa shape index (κ3) is 4.65. The topological polar surface area (TPSA) is 79.0 Å². The number of hydrogen-bond acceptors (Lipinski definition) is 4. The van der Waals surface area contributed by atoms with E-state index in [1.54, 1.807) is 0 Å². The van der Waals surface area contributed by atoms with E-state index in [0.29, 0.717) is 13.1 Å². The lowest BCUT2D eigenvalue weighted by atomic mass is 10.2. The monoisotopic (exact) mass is 254 g/mol. The minimum atomic E-state index is -0.463. The number of anilines is 1. The molecule has 0 atom stereocenters. The van der Waals surface area contributed by atoms with Crippen LogP contribution in [-0.4, -0.2) is 35.0 Å². The molecule has 0 saturated carbocycles. The van der Waals surface area contributed by atoms with Crippen LogP contribution in [0.4, 0.5) is 10.5 Å². The number of aryl methyl sites for hydroxylation is 2. The molecule has 0 aromatic carbocycles. The Labute approximate surface area is 107 Å². The molecular weight excluding hydrogens is 232 g/mol. The first-order valence-corrected chi connectivity index (χ1v) is 6.02. The highest BCUT2D eigenvalue weighted by atomic mass is 16.6. The Balaban J connectivity index is 2.25. The van der Waals surface area contributed by atoms with Crippen LogP contribution in [0.5, 0.6) is 0 Å². The maximum absolute atomic E-state index is 11.4. The Morgan fingerprint density at radius 2 is 2.00 bits per heavy atom. The quantitative estimate of drug-likeness (QED) is 0.718. The number of ether oxygens (including phenoxy) is 1. The minimum absolute atomic E-state index is 0.398. The average Bonchev–Trinajstić information content (AvgIpc) is 2.52. The second-order valence-electron chi connectivity index (χ2n) is 5.16. The van der Waals surface area contributed by atoms with Crippen LogP contribution >= 0.6 is 0 Å². The molecule has 3 N–H and O–H groups in total. The third-order valence-corrected chi connectivity index (χ3v) is 2.22. The van der Waals surface area contributed by atoms with E-state index >= 15 is 0 Å². The van der Waals surface area contributed by atoms with Gasteiger partial charge in [0.1, 0.15) is 5.60 Å². The van der Waals surface area contributed by atoms with E-state index in [-0.39, 0.29) is 0 Å². The Morgan fingerprint density at radius 3 is 2.50 bits per heavy atom. The van der Waals surface area contributed by atoms with Gasteiger partial charge in [0.05, 0.1) is 17.1 Å². The van der Waals surface area contributed by atoms with Crippen molar-refractivity contribution in [2.45, 2.75) is 40.2 Å². The Morgan fingerprint density at radius 1 is 1.33 bits per heavy atom. The second kappa shape index (κ2) is 5.75. The van der Waals surface area contributed by atoms with Crippen molar-refractivity contribution in [2.24, 2.45) is 0 Å². The fraction of sp³-hybridized carbons (Fsp3) is 0.667. The maximum atomic E-state index is 11.4. The van der Waals surface area contributed by atoms with E-state index in [1.165, 1.54) is 0 Å². The van der Waals surface area contributed by atoms with Gasteiger partial charge >= 0.3 is 6.09 Å². The lowest BCUT2D eigenvalue weighted by molar-refractivity contribution is 0.0530. The van der Waals surface area contributed by atoms with Crippen LogP contribution in [0, 0.1) is 13.8 Å². The van der Waals surface area contributed by atoms with E-state index in [2.05, 4.69) is 20.8 Å². The molecule has 1 heterocycles. The highest BCUT2D eigenvalue weighted by Crippen LogP contribution is 2.15. The second-order valence-corrected chi connectivity index (χ2v) is 5.16. The van der Waals surface area contributed by atoms with Gasteiger partial charge in [0, 0.05) is 13.1 Å². The summed E-state index contributed by atoms with van der Waals surface area (Å²) in [6, 6.07) is 0. The predicted molar refractivity (Wildman–Crippen MR) is 70.8 cm³/mol. The summed E-state index contributed by atoms with van der Waals surface area (Å²) in [5.74, 6) is 0. The van der Waals surface area contributed by atoms with Gasteiger partial charge in [-0.1, -0.05) is 0 Å². The largest absolute Gasteiger partial charge is 0.444 e. The number of H-pyrrole nitrogens is 1. The van der Waals surface area contributed by atoms with Crippen molar-refractivity contribution in [1.82, 2.24) is 15.5 Å². The van der Waals surface area contributed by atoms with E-state index in [4.69, 9.17) is 4.74 Å². The number of hydrogen-bond donors (Lipinski definition) is 3. The number of nitrogens with zero attached hydrogens (tertiary/aromatic N) is 1. The van der Waals surface area contributed by atoms with Crippen molar-refractivity contribution >= 4 is 11.8 Å². The van der Waals surface area contributed by atoms with E-state index in [9.17, 15) is 4.79 Å². The summed E-state index contributed by atoms with van der Waals surface area (Å²) < 4.78 is 5.13. The Kier molecular flexibility index (Phi) is 4.58. The Bertz CT molecular complexity index is 387. The fourth-order valence-electron chi connectivity index (χ4n) is 1.48. The zero-order chi connectivity index (χ0) is 13.8. The summed E-state index contributed by atoms with van der Waals surface area (Å²) >= 11 is 0. The molecule has 102 valence electrons. The van der Waals surface area contributed by atoms with Gasteiger partial charge < -0.3 is 15.4 Å². The molecule has 18 heavy (non-hydrogen) atoms. The lowest BCUT2D eigenvalue weighted by Crippen LogP contribution is -2.35. The summed E-state index contributed by atoms with van der Waals surface area (Å²) in [5, 5.41) is 12.9. The number of carbonyl (C=O) groups excluding carboxylic acids is 1. The van der Waals surface area contributed by atoms with Gasteiger partial charge in [-0.15, -0.1) is 0 Å². The lowest BCUT2D eigenvalue weighted by Gasteiger charge is -2.19. The SMILES string of the molecule is Cc1n[nH]c(C)c1NCCNC(=O)OC(C)(C)C. The van der Waals surface area contributed by atoms with E-state index in [0.717, 1.165) is 17.1 Å². The van der Waals surface area contributed by atoms with Crippen molar-refractivity contribution in [2.75, 3.05) is 18.4 Å². The summed E-state index contributed by atoms with van der Waals surface area (Å²) in [6.45, 7) is 10.5. The average molecular weight is 254 g/mol. The van der Waals surface area contributed by atoms with Crippen LogP contribution in [0.25, 0.3) is 0 Å². The van der Waals surface area contributed by atoms with Gasteiger partial charge in [0.15, 0.2) is 0 Å². The van der Waals surface area contributed by atoms with Crippen LogP contribution in [-0.2, 0) is 4.74 Å². The van der Waals surface area contributed by atoms with Gasteiger partial charge in [-0.25, -0.2) is 4.79 Å². The molecule has 0 spiro atoms. The van der Waals surface area contributed by atoms with Gasteiger partial charge in [0.25, 0.3) is 0 Å².